The van der Waals surface area contributed by atoms with Crippen LogP contribution in [0.1, 0.15) is 31.9 Å². The summed E-state index contributed by atoms with van der Waals surface area (Å²) in [6, 6.07) is 3.74. The van der Waals surface area contributed by atoms with E-state index in [4.69, 9.17) is 5.73 Å². The van der Waals surface area contributed by atoms with Crippen molar-refractivity contribution in [3.63, 3.8) is 0 Å². The zero-order valence-corrected chi connectivity index (χ0v) is 17.8. The number of piperidine rings is 1. The summed E-state index contributed by atoms with van der Waals surface area (Å²) in [5, 5.41) is 8.36. The summed E-state index contributed by atoms with van der Waals surface area (Å²) in [5.41, 5.74) is 7.52. The number of hydrogen-bond donors (Lipinski definition) is 2. The van der Waals surface area contributed by atoms with Gasteiger partial charge in [0, 0.05) is 6.26 Å². The third-order valence-electron chi connectivity index (χ3n) is 6.03. The summed E-state index contributed by atoms with van der Waals surface area (Å²) in [4.78, 5) is 8.75. The van der Waals surface area contributed by atoms with Crippen LogP contribution in [-0.2, 0) is 15.4 Å². The molecule has 0 spiro atoms. The van der Waals surface area contributed by atoms with Gasteiger partial charge in [-0.2, -0.15) is 5.10 Å². The molecule has 2 aromatic heterocycles. The van der Waals surface area contributed by atoms with Gasteiger partial charge in [-0.25, -0.2) is 27.5 Å². The molecular weight excluding hydrogens is 407 g/mol. The number of aromatic nitrogens is 4. The Morgan fingerprint density at radius 1 is 1.30 bits per heavy atom. The maximum Gasteiger partial charge on any atom is 0.175 e. The van der Waals surface area contributed by atoms with Crippen molar-refractivity contribution < 1.29 is 12.8 Å². The lowest BCUT2D eigenvalue weighted by Gasteiger charge is -2.39. The van der Waals surface area contributed by atoms with Gasteiger partial charge in [0.1, 0.15) is 17.8 Å². The molecule has 10 heteroatoms. The van der Waals surface area contributed by atoms with Crippen LogP contribution in [0.15, 0.2) is 35.6 Å². The number of nitrogens with two attached hydrogens (primary N) is 1. The highest BCUT2D eigenvalue weighted by Crippen LogP contribution is 2.38. The number of nitrogens with one attached hydrogen (secondary N) is 1. The molecular formula is C20H25FN6O2S. The predicted octanol–water partition coefficient (Wildman–Crippen LogP) is 1.92. The number of sulfone groups is 1. The number of fused-ring (bicyclic) bond motifs is 1. The van der Waals surface area contributed by atoms with E-state index in [1.165, 1.54) is 23.1 Å². The van der Waals surface area contributed by atoms with Crippen molar-refractivity contribution in [3.8, 4) is 5.69 Å². The maximum atomic E-state index is 14.8. The maximum absolute atomic E-state index is 14.8. The van der Waals surface area contributed by atoms with Gasteiger partial charge >= 0.3 is 0 Å². The van der Waals surface area contributed by atoms with E-state index < -0.39 is 21.2 Å². The van der Waals surface area contributed by atoms with Crippen molar-refractivity contribution in [1.29, 1.82) is 0 Å². The molecule has 3 heterocycles. The van der Waals surface area contributed by atoms with Gasteiger partial charge < -0.3 is 11.1 Å². The Kier molecular flexibility index (Phi) is 5.33. The van der Waals surface area contributed by atoms with Crippen LogP contribution in [-0.4, -0.2) is 47.5 Å². The van der Waals surface area contributed by atoms with Crippen molar-refractivity contribution in [1.82, 2.24) is 25.1 Å². The third kappa shape index (κ3) is 3.48. The van der Waals surface area contributed by atoms with E-state index in [-0.39, 0.29) is 16.5 Å². The van der Waals surface area contributed by atoms with Crippen LogP contribution in [0.2, 0.25) is 0 Å². The van der Waals surface area contributed by atoms with E-state index in [1.807, 2.05) is 6.92 Å². The normalized spacial score (nSPS) is 17.9. The highest BCUT2D eigenvalue weighted by molar-refractivity contribution is 7.90. The molecule has 8 nitrogen and oxygen atoms in total. The first-order chi connectivity index (χ1) is 14.3. The number of benzene rings is 1. The molecule has 1 aliphatic rings. The van der Waals surface area contributed by atoms with Gasteiger partial charge in [-0.15, -0.1) is 0 Å². The third-order valence-corrected chi connectivity index (χ3v) is 7.15. The molecule has 30 heavy (non-hydrogen) atoms. The minimum atomic E-state index is -3.51. The minimum absolute atomic E-state index is 0.0895. The van der Waals surface area contributed by atoms with Gasteiger partial charge in [-0.05, 0) is 56.5 Å². The van der Waals surface area contributed by atoms with Crippen molar-refractivity contribution >= 4 is 20.9 Å². The predicted molar refractivity (Wildman–Crippen MR) is 111 cm³/mol. The summed E-state index contributed by atoms with van der Waals surface area (Å²) in [6.45, 7) is 3.87. The molecule has 0 bridgehead atoms. The van der Waals surface area contributed by atoms with E-state index in [2.05, 4.69) is 20.4 Å². The Labute approximate surface area is 174 Å². The fourth-order valence-corrected chi connectivity index (χ4v) is 4.90. The topological polar surface area (TPSA) is 116 Å². The number of nitrogens with zero attached hydrogens (tertiary/aromatic N) is 4. The van der Waals surface area contributed by atoms with Gasteiger partial charge in [0.15, 0.2) is 15.5 Å². The average molecular weight is 433 g/mol. The molecule has 1 saturated heterocycles. The zero-order valence-electron chi connectivity index (χ0n) is 17.0. The van der Waals surface area contributed by atoms with E-state index in [0.717, 1.165) is 38.3 Å². The molecule has 1 fully saturated rings. The van der Waals surface area contributed by atoms with Crippen LogP contribution < -0.4 is 11.1 Å². The molecule has 1 unspecified atom stereocenters. The number of hydrogen-bond acceptors (Lipinski definition) is 7. The van der Waals surface area contributed by atoms with Gasteiger partial charge in [0.05, 0.1) is 27.7 Å². The summed E-state index contributed by atoms with van der Waals surface area (Å²) >= 11 is 0. The summed E-state index contributed by atoms with van der Waals surface area (Å²) < 4.78 is 39.5. The molecule has 160 valence electrons. The molecule has 1 atom stereocenters. The quantitative estimate of drug-likeness (QED) is 0.633. The molecule has 0 amide bonds. The Balaban J connectivity index is 1.83. The van der Waals surface area contributed by atoms with Gasteiger partial charge in [0.25, 0.3) is 0 Å². The lowest BCUT2D eigenvalue weighted by atomic mass is 9.74. The lowest BCUT2D eigenvalue weighted by molar-refractivity contribution is 0.205. The summed E-state index contributed by atoms with van der Waals surface area (Å²) in [7, 11) is -3.51. The van der Waals surface area contributed by atoms with Crippen molar-refractivity contribution in [2.45, 2.75) is 36.6 Å². The standard InChI is InChI=1S/C20H25FN6O2S/c1-3-20(22,13-6-8-23-9-7-13)18-15-11-26-27(19(15)25-12-24-18)17-5-4-14(10-16(17)21)30(2,28)29/h4-5,10-13,23H,3,6-9,22H2,1-2H3. The molecule has 0 radical (unpaired) electrons. The second-order valence-corrected chi connectivity index (χ2v) is 9.84. The van der Waals surface area contributed by atoms with E-state index in [9.17, 15) is 12.8 Å². The molecule has 1 aromatic carbocycles. The molecule has 1 aliphatic heterocycles. The molecule has 3 N–H and O–H groups in total. The Morgan fingerprint density at radius 2 is 2.03 bits per heavy atom. The SMILES string of the molecule is CCC(N)(c1ncnc2c1cnn2-c1ccc(S(C)(=O)=O)cc1F)C1CCNCC1. The van der Waals surface area contributed by atoms with Gasteiger partial charge in [0.2, 0.25) is 0 Å². The average Bonchev–Trinajstić information content (AvgIpc) is 3.17. The monoisotopic (exact) mass is 432 g/mol. The fraction of sp³-hybridized carbons (Fsp3) is 0.450. The lowest BCUT2D eigenvalue weighted by Crippen LogP contribution is -2.48. The summed E-state index contributed by atoms with van der Waals surface area (Å²) in [6.07, 6.45) is 6.67. The second-order valence-electron chi connectivity index (χ2n) is 7.82. The smallest absolute Gasteiger partial charge is 0.175 e. The van der Waals surface area contributed by atoms with Crippen molar-refractivity contribution in [3.05, 3.63) is 42.2 Å². The molecule has 4 rings (SSSR count). The largest absolute Gasteiger partial charge is 0.320 e. The molecule has 3 aromatic rings. The Bertz CT molecular complexity index is 1190. The van der Waals surface area contributed by atoms with Crippen LogP contribution >= 0.6 is 0 Å². The second kappa shape index (κ2) is 7.68. The van der Waals surface area contributed by atoms with Crippen LogP contribution in [0.3, 0.4) is 0 Å². The van der Waals surface area contributed by atoms with Gasteiger partial charge in [-0.1, -0.05) is 6.92 Å². The van der Waals surface area contributed by atoms with Crippen LogP contribution in [0.5, 0.6) is 0 Å². The first-order valence-electron chi connectivity index (χ1n) is 9.94. The van der Waals surface area contributed by atoms with Gasteiger partial charge in [-0.3, -0.25) is 0 Å². The molecule has 0 saturated carbocycles. The van der Waals surface area contributed by atoms with E-state index >= 15 is 0 Å². The fourth-order valence-electron chi connectivity index (χ4n) is 4.27. The number of halogens is 1. The van der Waals surface area contributed by atoms with Crippen LogP contribution in [0.4, 0.5) is 4.39 Å². The molecule has 0 aliphatic carbocycles. The first-order valence-corrected chi connectivity index (χ1v) is 11.8. The highest BCUT2D eigenvalue weighted by Gasteiger charge is 2.38. The first kappa shape index (κ1) is 20.8. The van der Waals surface area contributed by atoms with E-state index in [1.54, 1.807) is 6.20 Å². The summed E-state index contributed by atoms with van der Waals surface area (Å²) in [5.74, 6) is -0.438. The Hall–Kier alpha value is -2.43. The highest BCUT2D eigenvalue weighted by atomic mass is 32.2. The van der Waals surface area contributed by atoms with Crippen LogP contribution in [0.25, 0.3) is 16.7 Å². The van der Waals surface area contributed by atoms with Crippen molar-refractivity contribution in [2.24, 2.45) is 11.7 Å². The van der Waals surface area contributed by atoms with E-state index in [0.29, 0.717) is 23.1 Å². The minimum Gasteiger partial charge on any atom is -0.320 e. The Morgan fingerprint density at radius 3 is 2.67 bits per heavy atom. The van der Waals surface area contributed by atoms with Crippen molar-refractivity contribution in [2.75, 3.05) is 19.3 Å². The zero-order chi connectivity index (χ0) is 21.5. The number of rotatable bonds is 5. The van der Waals surface area contributed by atoms with Crippen LogP contribution in [0, 0.1) is 11.7 Å².